The van der Waals surface area contributed by atoms with Gasteiger partial charge in [-0.2, -0.15) is 0 Å². The molecule has 0 N–H and O–H groups in total. The molecule has 2 aliphatic rings. The van der Waals surface area contributed by atoms with Crippen LogP contribution in [0.25, 0.3) is 17.2 Å². The Morgan fingerprint density at radius 2 is 1.62 bits per heavy atom. The Bertz CT molecular complexity index is 1020. The molecule has 0 nitrogen and oxygen atoms in total. The second kappa shape index (κ2) is 6.58. The van der Waals surface area contributed by atoms with Gasteiger partial charge in [-0.25, -0.2) is 0 Å². The molecule has 1 atom stereocenters. The molecule has 0 fully saturated rings. The van der Waals surface area contributed by atoms with Crippen molar-refractivity contribution in [1.82, 2.24) is 0 Å². The molecule has 0 aromatic heterocycles. The summed E-state index contributed by atoms with van der Waals surface area (Å²) in [4.78, 5) is 0. The van der Waals surface area contributed by atoms with E-state index in [4.69, 9.17) is 0 Å². The van der Waals surface area contributed by atoms with Gasteiger partial charge >= 0.3 is 165 Å². The van der Waals surface area contributed by atoms with Crippen molar-refractivity contribution >= 4 is 15.4 Å². The Morgan fingerprint density at radius 3 is 2.50 bits per heavy atom. The molecular formula is C24H23HfSi. The molecule has 127 valence electrons. The molecule has 1 unspecified atom stereocenters. The molecule has 3 aromatic rings. The van der Waals surface area contributed by atoms with Gasteiger partial charge in [-0.1, -0.05) is 0 Å². The predicted octanol–water partition coefficient (Wildman–Crippen LogP) is 5.25. The molecule has 3 aromatic carbocycles. The molecule has 0 aliphatic heterocycles. The summed E-state index contributed by atoms with van der Waals surface area (Å²) >= 11 is -2.00. The van der Waals surface area contributed by atoms with E-state index in [9.17, 15) is 0 Å². The molecule has 0 amide bonds. The molecule has 0 saturated heterocycles. The number of hydrogen-bond acceptors (Lipinski definition) is 0. The number of rotatable bonds is 3. The van der Waals surface area contributed by atoms with Crippen LogP contribution in [0.5, 0.6) is 0 Å². The first-order valence-electron chi connectivity index (χ1n) is 9.58. The molecular weight excluding hydrogens is 495 g/mol. The second-order valence-electron chi connectivity index (χ2n) is 7.74. The first-order valence-corrected chi connectivity index (χ1v) is 22.6. The van der Waals surface area contributed by atoms with E-state index < -0.39 is 26.6 Å². The Balaban J connectivity index is 1.64. The zero-order chi connectivity index (χ0) is 17.7. The quantitative estimate of drug-likeness (QED) is 0.326. The van der Waals surface area contributed by atoms with Crippen molar-refractivity contribution in [1.29, 1.82) is 0 Å². The normalized spacial score (nSPS) is 16.5. The summed E-state index contributed by atoms with van der Waals surface area (Å²) in [6, 6.07) is 25.3. The van der Waals surface area contributed by atoms with E-state index in [-0.39, 0.29) is 0 Å². The Hall–Kier alpha value is -1.51. The van der Waals surface area contributed by atoms with Crippen molar-refractivity contribution in [3.63, 3.8) is 0 Å². The number of hydrogen-bond donors (Lipinski definition) is 0. The predicted molar refractivity (Wildman–Crippen MR) is 111 cm³/mol. The summed E-state index contributed by atoms with van der Waals surface area (Å²) in [7, 11) is 0. The SMILES string of the molecule is C[SiH](C)[Hf]([c]1cccc2c1Cc1ccccc1-2)[CH]1C=Cc2ccccc21. The zero-order valence-electron chi connectivity index (χ0n) is 15.4. The first-order chi connectivity index (χ1) is 12.7. The van der Waals surface area contributed by atoms with E-state index >= 15 is 0 Å². The fourth-order valence-electron chi connectivity index (χ4n) is 4.79. The molecule has 5 rings (SSSR count). The fraction of sp³-hybridized carbons (Fsp3) is 0.167. The number of fused-ring (bicyclic) bond motifs is 4. The van der Waals surface area contributed by atoms with Crippen LogP contribution in [0, 0.1) is 0 Å². The number of benzene rings is 3. The number of allylic oxidation sites excluding steroid dienone is 1. The van der Waals surface area contributed by atoms with Crippen molar-refractivity contribution in [3.05, 3.63) is 95.1 Å². The van der Waals surface area contributed by atoms with Crippen molar-refractivity contribution in [2.75, 3.05) is 0 Å². The van der Waals surface area contributed by atoms with Gasteiger partial charge in [0.1, 0.15) is 0 Å². The molecule has 0 bridgehead atoms. The fourth-order valence-corrected chi connectivity index (χ4v) is 32.7. The third kappa shape index (κ3) is 2.58. The van der Waals surface area contributed by atoms with Crippen LogP contribution in [0.15, 0.2) is 72.8 Å². The van der Waals surface area contributed by atoms with Gasteiger partial charge in [-0.15, -0.1) is 0 Å². The summed E-state index contributed by atoms with van der Waals surface area (Å²) in [5, 5.41) is 0. The third-order valence-corrected chi connectivity index (χ3v) is 34.2. The monoisotopic (exact) mass is 519 g/mol. The van der Waals surface area contributed by atoms with Crippen LogP contribution >= 0.6 is 0 Å². The van der Waals surface area contributed by atoms with Crippen LogP contribution in [-0.2, 0) is 27.0 Å². The summed E-state index contributed by atoms with van der Waals surface area (Å²) in [5.41, 5.74) is 9.27. The van der Waals surface area contributed by atoms with E-state index in [1.54, 1.807) is 11.1 Å². The Kier molecular flexibility index (Phi) is 4.21. The van der Waals surface area contributed by atoms with Crippen molar-refractivity contribution in [2.24, 2.45) is 0 Å². The van der Waals surface area contributed by atoms with Gasteiger partial charge in [-0.3, -0.25) is 0 Å². The van der Waals surface area contributed by atoms with E-state index in [1.807, 2.05) is 3.32 Å². The van der Waals surface area contributed by atoms with Gasteiger partial charge < -0.3 is 0 Å². The summed E-state index contributed by atoms with van der Waals surface area (Å²) in [6.07, 6.45) is 6.09. The molecule has 0 radical (unpaired) electrons. The Morgan fingerprint density at radius 1 is 0.846 bits per heavy atom. The van der Waals surface area contributed by atoms with E-state index in [0.717, 1.165) is 10.1 Å². The molecule has 26 heavy (non-hydrogen) atoms. The maximum absolute atomic E-state index is 2.61. The summed E-state index contributed by atoms with van der Waals surface area (Å²) < 4.78 is 2.56. The third-order valence-electron chi connectivity index (χ3n) is 5.92. The average molecular weight is 518 g/mol. The van der Waals surface area contributed by atoms with E-state index in [2.05, 4.69) is 92.0 Å². The van der Waals surface area contributed by atoms with Gasteiger partial charge in [-0.05, 0) is 0 Å². The van der Waals surface area contributed by atoms with Gasteiger partial charge in [0.15, 0.2) is 0 Å². The van der Waals surface area contributed by atoms with Crippen LogP contribution in [-0.4, -0.2) is 5.98 Å². The summed E-state index contributed by atoms with van der Waals surface area (Å²) in [5.74, 6) is -0.695. The van der Waals surface area contributed by atoms with E-state index in [0.29, 0.717) is 0 Å². The first kappa shape index (κ1) is 16.6. The van der Waals surface area contributed by atoms with Crippen LogP contribution in [0.1, 0.15) is 25.9 Å². The van der Waals surface area contributed by atoms with Crippen LogP contribution in [0.4, 0.5) is 0 Å². The molecule has 0 saturated carbocycles. The van der Waals surface area contributed by atoms with Crippen LogP contribution in [0.3, 0.4) is 0 Å². The Labute approximate surface area is 164 Å². The maximum atomic E-state index is 2.61. The van der Waals surface area contributed by atoms with Gasteiger partial charge in [0.2, 0.25) is 0 Å². The topological polar surface area (TPSA) is 0 Å². The second-order valence-corrected chi connectivity index (χ2v) is 35.0. The van der Waals surface area contributed by atoms with Gasteiger partial charge in [0, 0.05) is 0 Å². The standard InChI is InChI=1S/C13H9.C9H7.C2H7Si.Hf/c1-3-7-12-10(5-1)9-11-6-2-4-8-13(11)12;1-2-5-9-7-3-6-8(9)4-1;1-3-2;/h1-5,7-8H,9H2;1-7H;3H,1-2H3;. The molecule has 2 heteroatoms. The minimum atomic E-state index is -2.00. The summed E-state index contributed by atoms with van der Waals surface area (Å²) in [6.45, 7) is 5.22. The zero-order valence-corrected chi connectivity index (χ0v) is 20.1. The van der Waals surface area contributed by atoms with Crippen molar-refractivity contribution in [2.45, 2.75) is 23.2 Å². The minimum absolute atomic E-state index is 0.695. The van der Waals surface area contributed by atoms with Crippen molar-refractivity contribution in [3.8, 4) is 11.1 Å². The van der Waals surface area contributed by atoms with Crippen LogP contribution < -0.4 is 3.32 Å². The van der Waals surface area contributed by atoms with Crippen molar-refractivity contribution < 1.29 is 20.6 Å². The van der Waals surface area contributed by atoms with Gasteiger partial charge in [0.05, 0.1) is 0 Å². The molecule has 0 heterocycles. The molecule has 2 aliphatic carbocycles. The van der Waals surface area contributed by atoms with E-state index in [1.165, 1.54) is 22.3 Å². The molecule has 0 spiro atoms. The average Bonchev–Trinajstić information content (AvgIpc) is 3.24. The van der Waals surface area contributed by atoms with Crippen LogP contribution in [0.2, 0.25) is 13.1 Å². The van der Waals surface area contributed by atoms with Gasteiger partial charge in [0.25, 0.3) is 0 Å².